The average Bonchev–Trinajstić information content (AvgIpc) is 2.65. The van der Waals surface area contributed by atoms with Gasteiger partial charge in [-0.05, 0) is 36.8 Å². The van der Waals surface area contributed by atoms with Gasteiger partial charge in [0.15, 0.2) is 6.61 Å². The average molecular weight is 376 g/mol. The summed E-state index contributed by atoms with van der Waals surface area (Å²) < 4.78 is 10.2. The number of nitrogens with zero attached hydrogens (tertiary/aromatic N) is 1. The van der Waals surface area contributed by atoms with Crippen LogP contribution in [0.4, 0.5) is 0 Å². The first-order chi connectivity index (χ1) is 12.5. The monoisotopic (exact) mass is 375 g/mol. The molecule has 0 N–H and O–H groups in total. The number of halogens is 1. The van der Waals surface area contributed by atoms with Crippen LogP contribution < -0.4 is 4.74 Å². The molecule has 1 amide bonds. The maximum Gasteiger partial charge on any atom is 0.307 e. The number of carbonyl (C=O) groups excluding carboxylic acids is 2. The van der Waals surface area contributed by atoms with Crippen molar-refractivity contribution in [2.24, 2.45) is 0 Å². The van der Waals surface area contributed by atoms with E-state index in [0.29, 0.717) is 17.3 Å². The van der Waals surface area contributed by atoms with Crippen molar-refractivity contribution < 1.29 is 19.1 Å². The molecule has 26 heavy (non-hydrogen) atoms. The van der Waals surface area contributed by atoms with Crippen LogP contribution in [-0.2, 0) is 20.9 Å². The maximum absolute atomic E-state index is 12.6. The molecule has 5 nitrogen and oxygen atoms in total. The molecule has 0 atom stereocenters. The molecular formula is C20H22ClNO4. The molecule has 0 radical (unpaired) electrons. The Hall–Kier alpha value is -2.53. The van der Waals surface area contributed by atoms with Crippen LogP contribution in [-0.4, -0.2) is 37.0 Å². The van der Waals surface area contributed by atoms with E-state index in [1.54, 1.807) is 17.0 Å². The smallest absolute Gasteiger partial charge is 0.307 e. The fourth-order valence-corrected chi connectivity index (χ4v) is 2.43. The van der Waals surface area contributed by atoms with Gasteiger partial charge in [0.2, 0.25) is 0 Å². The Bertz CT molecular complexity index is 728. The summed E-state index contributed by atoms with van der Waals surface area (Å²) in [6.45, 7) is 2.50. The molecule has 0 heterocycles. The lowest BCUT2D eigenvalue weighted by atomic mass is 10.2. The Morgan fingerprint density at radius 3 is 2.31 bits per heavy atom. The van der Waals surface area contributed by atoms with Crippen LogP contribution in [0.5, 0.6) is 5.75 Å². The molecule has 0 spiro atoms. The van der Waals surface area contributed by atoms with Crippen LogP contribution in [0, 0.1) is 6.92 Å². The maximum atomic E-state index is 12.6. The van der Waals surface area contributed by atoms with Gasteiger partial charge < -0.3 is 14.4 Å². The zero-order chi connectivity index (χ0) is 18.9. The molecule has 6 heteroatoms. The Morgan fingerprint density at radius 1 is 1.04 bits per heavy atom. The van der Waals surface area contributed by atoms with E-state index in [2.05, 4.69) is 4.74 Å². The molecule has 0 bridgehead atoms. The molecule has 138 valence electrons. The predicted molar refractivity (Wildman–Crippen MR) is 100 cm³/mol. The van der Waals surface area contributed by atoms with Gasteiger partial charge in [-0.15, -0.1) is 0 Å². The third-order valence-electron chi connectivity index (χ3n) is 3.84. The summed E-state index contributed by atoms with van der Waals surface area (Å²) in [7, 11) is 1.33. The number of benzene rings is 2. The van der Waals surface area contributed by atoms with E-state index < -0.39 is 0 Å². The molecule has 0 saturated carbocycles. The van der Waals surface area contributed by atoms with Crippen molar-refractivity contribution in [3.05, 3.63) is 64.7 Å². The van der Waals surface area contributed by atoms with E-state index in [0.717, 1.165) is 11.1 Å². The highest BCUT2D eigenvalue weighted by atomic mass is 35.5. The van der Waals surface area contributed by atoms with Gasteiger partial charge in [-0.2, -0.15) is 0 Å². The molecule has 2 rings (SSSR count). The minimum Gasteiger partial charge on any atom is -0.484 e. The van der Waals surface area contributed by atoms with Gasteiger partial charge in [0.25, 0.3) is 5.91 Å². The van der Waals surface area contributed by atoms with Crippen molar-refractivity contribution in [3.8, 4) is 5.75 Å². The fourth-order valence-electron chi connectivity index (χ4n) is 2.30. The van der Waals surface area contributed by atoms with Crippen LogP contribution >= 0.6 is 11.6 Å². The lowest BCUT2D eigenvalue weighted by molar-refractivity contribution is -0.142. The zero-order valence-electron chi connectivity index (χ0n) is 14.9. The normalized spacial score (nSPS) is 10.3. The molecule has 0 aromatic heterocycles. The van der Waals surface area contributed by atoms with Crippen LogP contribution in [0.2, 0.25) is 5.02 Å². The SMILES string of the molecule is COC(=O)CCN(Cc1ccc(Cl)cc1)C(=O)COc1ccc(C)cc1. The van der Waals surface area contributed by atoms with E-state index in [-0.39, 0.29) is 31.4 Å². The molecule has 0 aliphatic carbocycles. The number of amides is 1. The quantitative estimate of drug-likeness (QED) is 0.661. The second kappa shape index (κ2) is 9.82. The summed E-state index contributed by atoms with van der Waals surface area (Å²) in [5, 5.41) is 0.629. The number of rotatable bonds is 8. The van der Waals surface area contributed by atoms with Crippen LogP contribution in [0.25, 0.3) is 0 Å². The summed E-state index contributed by atoms with van der Waals surface area (Å²) in [4.78, 5) is 25.6. The first-order valence-electron chi connectivity index (χ1n) is 8.26. The van der Waals surface area contributed by atoms with Gasteiger partial charge in [-0.1, -0.05) is 41.4 Å². The minimum absolute atomic E-state index is 0.0994. The van der Waals surface area contributed by atoms with Gasteiger partial charge >= 0.3 is 5.97 Å². The predicted octanol–water partition coefficient (Wildman–Crippen LogP) is 3.62. The lowest BCUT2D eigenvalue weighted by Crippen LogP contribution is -2.36. The fraction of sp³-hybridized carbons (Fsp3) is 0.300. The van der Waals surface area contributed by atoms with E-state index in [1.807, 2.05) is 43.3 Å². The van der Waals surface area contributed by atoms with E-state index in [4.69, 9.17) is 16.3 Å². The first-order valence-corrected chi connectivity index (χ1v) is 8.64. The number of methoxy groups -OCH3 is 1. The molecule has 0 aliphatic rings. The third-order valence-corrected chi connectivity index (χ3v) is 4.09. The summed E-state index contributed by atoms with van der Waals surface area (Å²) >= 11 is 5.90. The van der Waals surface area contributed by atoms with E-state index in [1.165, 1.54) is 7.11 Å². The van der Waals surface area contributed by atoms with Crippen molar-refractivity contribution in [2.45, 2.75) is 19.9 Å². The number of carbonyl (C=O) groups is 2. The molecule has 2 aromatic rings. The van der Waals surface area contributed by atoms with Crippen LogP contribution in [0.3, 0.4) is 0 Å². The van der Waals surface area contributed by atoms with E-state index >= 15 is 0 Å². The Balaban J connectivity index is 2.00. The Morgan fingerprint density at radius 2 is 1.69 bits per heavy atom. The zero-order valence-corrected chi connectivity index (χ0v) is 15.7. The van der Waals surface area contributed by atoms with Gasteiger partial charge in [0.1, 0.15) is 5.75 Å². The second-order valence-corrected chi connectivity index (χ2v) is 6.31. The van der Waals surface area contributed by atoms with Crippen molar-refractivity contribution in [2.75, 3.05) is 20.3 Å². The number of esters is 1. The largest absolute Gasteiger partial charge is 0.484 e. The van der Waals surface area contributed by atoms with Gasteiger partial charge in [0, 0.05) is 18.1 Å². The number of hydrogen-bond acceptors (Lipinski definition) is 4. The van der Waals surface area contributed by atoms with Crippen LogP contribution in [0.1, 0.15) is 17.5 Å². The number of ether oxygens (including phenoxy) is 2. The summed E-state index contributed by atoms with van der Waals surface area (Å²) in [6.07, 6.45) is 0.125. The minimum atomic E-state index is -0.363. The molecule has 2 aromatic carbocycles. The van der Waals surface area contributed by atoms with Crippen molar-refractivity contribution in [3.63, 3.8) is 0 Å². The third kappa shape index (κ3) is 6.41. The molecule has 0 fully saturated rings. The van der Waals surface area contributed by atoms with E-state index in [9.17, 15) is 9.59 Å². The van der Waals surface area contributed by atoms with Crippen molar-refractivity contribution in [1.82, 2.24) is 4.90 Å². The Labute approximate surface area is 158 Å². The highest BCUT2D eigenvalue weighted by molar-refractivity contribution is 6.30. The van der Waals surface area contributed by atoms with Crippen LogP contribution in [0.15, 0.2) is 48.5 Å². The second-order valence-electron chi connectivity index (χ2n) is 5.87. The molecule has 0 aliphatic heterocycles. The number of aryl methyl sites for hydroxylation is 1. The molecular weight excluding hydrogens is 354 g/mol. The van der Waals surface area contributed by atoms with Crippen molar-refractivity contribution in [1.29, 1.82) is 0 Å². The summed E-state index contributed by atoms with van der Waals surface area (Å²) in [5.41, 5.74) is 2.04. The standard InChI is InChI=1S/C20H22ClNO4/c1-15-3-9-18(10-4-15)26-14-19(23)22(12-11-20(24)25-2)13-16-5-7-17(21)8-6-16/h3-10H,11-14H2,1-2H3. The summed E-state index contributed by atoms with van der Waals surface area (Å²) in [6, 6.07) is 14.7. The Kier molecular flexibility index (Phi) is 7.48. The van der Waals surface area contributed by atoms with Crippen molar-refractivity contribution >= 4 is 23.5 Å². The van der Waals surface area contributed by atoms with Gasteiger partial charge in [-0.3, -0.25) is 9.59 Å². The lowest BCUT2D eigenvalue weighted by Gasteiger charge is -2.22. The summed E-state index contributed by atoms with van der Waals surface area (Å²) in [5.74, 6) is 0.0612. The van der Waals surface area contributed by atoms with Gasteiger partial charge in [0.05, 0.1) is 13.5 Å². The highest BCUT2D eigenvalue weighted by Gasteiger charge is 2.16. The molecule has 0 saturated heterocycles. The van der Waals surface area contributed by atoms with Gasteiger partial charge in [-0.25, -0.2) is 0 Å². The highest BCUT2D eigenvalue weighted by Crippen LogP contribution is 2.14. The first kappa shape index (κ1) is 19.8. The molecule has 0 unspecified atom stereocenters. The topological polar surface area (TPSA) is 55.8 Å². The number of hydrogen-bond donors (Lipinski definition) is 0.